The molecule has 3 heteroatoms. The Morgan fingerprint density at radius 3 is 2.68 bits per heavy atom. The second-order valence-corrected chi connectivity index (χ2v) is 4.89. The van der Waals surface area contributed by atoms with Crippen LogP contribution in [0, 0.1) is 6.92 Å². The van der Waals surface area contributed by atoms with Crippen molar-refractivity contribution in [2.24, 2.45) is 0 Å². The van der Waals surface area contributed by atoms with Crippen molar-refractivity contribution < 1.29 is 4.42 Å². The van der Waals surface area contributed by atoms with E-state index in [2.05, 4.69) is 49.3 Å². The van der Waals surface area contributed by atoms with E-state index in [9.17, 15) is 0 Å². The number of benzene rings is 1. The third kappa shape index (κ3) is 3.61. The molecule has 0 saturated carbocycles. The zero-order valence-corrected chi connectivity index (χ0v) is 11.9. The molecule has 1 heterocycles. The summed E-state index contributed by atoms with van der Waals surface area (Å²) in [6, 6.07) is 8.65. The average molecular weight is 258 g/mol. The topological polar surface area (TPSA) is 28.4 Å². The second kappa shape index (κ2) is 6.43. The van der Waals surface area contributed by atoms with Crippen LogP contribution in [-0.2, 0) is 13.1 Å². The van der Waals surface area contributed by atoms with Crippen molar-refractivity contribution in [1.82, 2.24) is 5.32 Å². The van der Waals surface area contributed by atoms with Crippen LogP contribution in [0.4, 0.5) is 5.69 Å². The van der Waals surface area contributed by atoms with E-state index in [1.54, 1.807) is 12.5 Å². The fourth-order valence-corrected chi connectivity index (χ4v) is 2.27. The van der Waals surface area contributed by atoms with Crippen molar-refractivity contribution in [2.45, 2.75) is 26.9 Å². The predicted molar refractivity (Wildman–Crippen MR) is 79.4 cm³/mol. The Balaban J connectivity index is 2.07. The average Bonchev–Trinajstić information content (AvgIpc) is 2.89. The van der Waals surface area contributed by atoms with Gasteiger partial charge in [-0.25, -0.2) is 0 Å². The Kier molecular flexibility index (Phi) is 4.63. The van der Waals surface area contributed by atoms with Crippen LogP contribution in [0.3, 0.4) is 0 Å². The van der Waals surface area contributed by atoms with E-state index < -0.39 is 0 Å². The summed E-state index contributed by atoms with van der Waals surface area (Å²) in [5.74, 6) is 0. The first kappa shape index (κ1) is 13.7. The number of aryl methyl sites for hydroxylation is 1. The lowest BCUT2D eigenvalue weighted by atomic mass is 10.1. The molecular weight excluding hydrogens is 236 g/mol. The van der Waals surface area contributed by atoms with Crippen LogP contribution in [0.5, 0.6) is 0 Å². The quantitative estimate of drug-likeness (QED) is 0.861. The minimum Gasteiger partial charge on any atom is -0.472 e. The number of hydrogen-bond donors (Lipinski definition) is 1. The van der Waals surface area contributed by atoms with Gasteiger partial charge in [0.25, 0.3) is 0 Å². The summed E-state index contributed by atoms with van der Waals surface area (Å²) in [5, 5.41) is 3.35. The maximum Gasteiger partial charge on any atom is 0.0952 e. The zero-order valence-electron chi connectivity index (χ0n) is 11.9. The van der Waals surface area contributed by atoms with Crippen molar-refractivity contribution in [1.29, 1.82) is 0 Å². The van der Waals surface area contributed by atoms with Crippen molar-refractivity contribution in [3.05, 3.63) is 53.5 Å². The van der Waals surface area contributed by atoms with E-state index in [1.807, 2.05) is 6.07 Å². The zero-order chi connectivity index (χ0) is 13.7. The molecule has 0 atom stereocenters. The number of nitrogens with one attached hydrogen (secondary N) is 1. The number of nitrogens with zero attached hydrogens (tertiary/aromatic N) is 1. The first-order valence-electron chi connectivity index (χ1n) is 6.73. The van der Waals surface area contributed by atoms with E-state index in [-0.39, 0.29) is 0 Å². The molecule has 3 nitrogen and oxygen atoms in total. The molecule has 102 valence electrons. The molecule has 1 aromatic heterocycles. The maximum atomic E-state index is 5.11. The number of furan rings is 1. The lowest BCUT2D eigenvalue weighted by Crippen LogP contribution is -2.17. The van der Waals surface area contributed by atoms with Crippen molar-refractivity contribution >= 4 is 5.69 Å². The lowest BCUT2D eigenvalue weighted by Gasteiger charge is -2.21. The van der Waals surface area contributed by atoms with Gasteiger partial charge in [0.2, 0.25) is 0 Å². The van der Waals surface area contributed by atoms with Crippen LogP contribution >= 0.6 is 0 Å². The van der Waals surface area contributed by atoms with Crippen LogP contribution < -0.4 is 10.2 Å². The molecule has 0 fully saturated rings. The van der Waals surface area contributed by atoms with Crippen LogP contribution in [0.2, 0.25) is 0 Å². The van der Waals surface area contributed by atoms with Crippen molar-refractivity contribution in [2.75, 3.05) is 18.5 Å². The Hall–Kier alpha value is -1.74. The highest BCUT2D eigenvalue weighted by atomic mass is 16.3. The van der Waals surface area contributed by atoms with Gasteiger partial charge in [-0.15, -0.1) is 0 Å². The van der Waals surface area contributed by atoms with Gasteiger partial charge in [-0.3, -0.25) is 0 Å². The summed E-state index contributed by atoms with van der Waals surface area (Å²) >= 11 is 0. The minimum atomic E-state index is 0.865. The van der Waals surface area contributed by atoms with Gasteiger partial charge in [0.05, 0.1) is 12.5 Å². The molecule has 0 spiro atoms. The molecule has 2 rings (SSSR count). The van der Waals surface area contributed by atoms with Crippen molar-refractivity contribution in [3.63, 3.8) is 0 Å². The first-order chi connectivity index (χ1) is 9.20. The third-order valence-corrected chi connectivity index (χ3v) is 3.25. The van der Waals surface area contributed by atoms with E-state index in [1.165, 1.54) is 22.4 Å². The number of rotatable bonds is 6. The molecule has 0 unspecified atom stereocenters. The Morgan fingerprint density at radius 1 is 1.21 bits per heavy atom. The van der Waals surface area contributed by atoms with Gasteiger partial charge in [-0.2, -0.15) is 0 Å². The molecule has 19 heavy (non-hydrogen) atoms. The lowest BCUT2D eigenvalue weighted by molar-refractivity contribution is 0.563. The molecular formula is C16H22N2O. The summed E-state index contributed by atoms with van der Waals surface area (Å²) in [7, 11) is 2.11. The van der Waals surface area contributed by atoms with Gasteiger partial charge in [0, 0.05) is 31.4 Å². The normalized spacial score (nSPS) is 10.7. The Morgan fingerprint density at radius 2 is 2.05 bits per heavy atom. The molecule has 0 radical (unpaired) electrons. The first-order valence-corrected chi connectivity index (χ1v) is 6.73. The molecule has 1 N–H and O–H groups in total. The molecule has 0 aliphatic carbocycles. The summed E-state index contributed by atoms with van der Waals surface area (Å²) in [4.78, 5) is 2.25. The van der Waals surface area contributed by atoms with Crippen molar-refractivity contribution in [3.8, 4) is 0 Å². The van der Waals surface area contributed by atoms with Gasteiger partial charge in [0.15, 0.2) is 0 Å². The third-order valence-electron chi connectivity index (χ3n) is 3.25. The summed E-state index contributed by atoms with van der Waals surface area (Å²) in [6.07, 6.45) is 3.51. The SMILES string of the molecule is CCNCc1ccc(N(C)Cc2ccoc2)c(C)c1. The van der Waals surface area contributed by atoms with E-state index in [0.717, 1.165) is 19.6 Å². The van der Waals surface area contributed by atoms with E-state index >= 15 is 0 Å². The van der Waals surface area contributed by atoms with Crippen LogP contribution in [0.15, 0.2) is 41.2 Å². The molecule has 0 aliphatic heterocycles. The molecule has 1 aromatic carbocycles. The molecule has 2 aromatic rings. The number of hydrogen-bond acceptors (Lipinski definition) is 3. The van der Waals surface area contributed by atoms with Gasteiger partial charge in [-0.1, -0.05) is 19.1 Å². The molecule has 0 saturated heterocycles. The maximum absolute atomic E-state index is 5.11. The molecule has 0 amide bonds. The van der Waals surface area contributed by atoms with Crippen LogP contribution in [0.25, 0.3) is 0 Å². The van der Waals surface area contributed by atoms with Gasteiger partial charge < -0.3 is 14.6 Å². The van der Waals surface area contributed by atoms with Gasteiger partial charge >= 0.3 is 0 Å². The molecule has 0 aliphatic rings. The Labute approximate surface area is 115 Å². The van der Waals surface area contributed by atoms with E-state index in [4.69, 9.17) is 4.42 Å². The van der Waals surface area contributed by atoms with Gasteiger partial charge in [0.1, 0.15) is 0 Å². The summed E-state index contributed by atoms with van der Waals surface area (Å²) in [5.41, 5.74) is 5.10. The summed E-state index contributed by atoms with van der Waals surface area (Å²) < 4.78 is 5.11. The standard InChI is InChI=1S/C16H22N2O/c1-4-17-10-14-5-6-16(13(2)9-14)18(3)11-15-7-8-19-12-15/h5-9,12,17H,4,10-11H2,1-3H3. The monoisotopic (exact) mass is 258 g/mol. The van der Waals surface area contributed by atoms with Crippen LogP contribution in [-0.4, -0.2) is 13.6 Å². The highest BCUT2D eigenvalue weighted by Gasteiger charge is 2.07. The smallest absolute Gasteiger partial charge is 0.0952 e. The van der Waals surface area contributed by atoms with E-state index in [0.29, 0.717) is 0 Å². The van der Waals surface area contributed by atoms with Gasteiger partial charge in [-0.05, 0) is 36.7 Å². The number of anilines is 1. The highest BCUT2D eigenvalue weighted by molar-refractivity contribution is 5.54. The minimum absolute atomic E-state index is 0.865. The fraction of sp³-hybridized carbons (Fsp3) is 0.375. The predicted octanol–water partition coefficient (Wildman–Crippen LogP) is 3.33. The molecule has 0 bridgehead atoms. The highest BCUT2D eigenvalue weighted by Crippen LogP contribution is 2.22. The second-order valence-electron chi connectivity index (χ2n) is 4.89. The van der Waals surface area contributed by atoms with Crippen LogP contribution in [0.1, 0.15) is 23.6 Å². The largest absolute Gasteiger partial charge is 0.472 e. The fourth-order valence-electron chi connectivity index (χ4n) is 2.27. The Bertz CT molecular complexity index is 505. The summed E-state index contributed by atoms with van der Waals surface area (Å²) in [6.45, 7) is 7.09.